The van der Waals surface area contributed by atoms with Gasteiger partial charge in [0, 0.05) is 0 Å². The van der Waals surface area contributed by atoms with Crippen LogP contribution in [0.15, 0.2) is 6.20 Å². The number of terminal acetylenes is 1. The molecule has 1 rings (SSSR count). The first kappa shape index (κ1) is 10.1. The second kappa shape index (κ2) is 3.42. The van der Waals surface area contributed by atoms with Crippen LogP contribution in [0.5, 0.6) is 0 Å². The van der Waals surface area contributed by atoms with Crippen LogP contribution in [0.1, 0.15) is 24.3 Å². The van der Waals surface area contributed by atoms with Crippen LogP contribution < -0.4 is 11.1 Å². The fourth-order valence-electron chi connectivity index (χ4n) is 0.860. The molecule has 0 saturated carbocycles. The van der Waals surface area contributed by atoms with Crippen molar-refractivity contribution in [3.8, 4) is 12.3 Å². The SMILES string of the molecule is C#CC(C)(C)NC(=O)c1[nH]ncc1N. The minimum Gasteiger partial charge on any atom is -0.396 e. The van der Waals surface area contributed by atoms with E-state index in [9.17, 15) is 4.79 Å². The maximum absolute atomic E-state index is 11.5. The van der Waals surface area contributed by atoms with Gasteiger partial charge in [-0.15, -0.1) is 6.42 Å². The predicted molar refractivity (Wildman–Crippen MR) is 53.4 cm³/mol. The maximum Gasteiger partial charge on any atom is 0.272 e. The predicted octanol–water partition coefficient (Wildman–Crippen LogP) is 0.133. The van der Waals surface area contributed by atoms with Gasteiger partial charge in [0.25, 0.3) is 5.91 Å². The fourth-order valence-corrected chi connectivity index (χ4v) is 0.860. The zero-order valence-electron chi connectivity index (χ0n) is 8.09. The number of anilines is 1. The van der Waals surface area contributed by atoms with Crippen LogP contribution >= 0.6 is 0 Å². The van der Waals surface area contributed by atoms with Gasteiger partial charge in [-0.1, -0.05) is 5.92 Å². The number of H-pyrrole nitrogens is 1. The standard InChI is InChI=1S/C9H12N4O/c1-4-9(2,3)12-8(14)7-6(10)5-11-13-7/h1,5H,10H2,2-3H3,(H,11,13)(H,12,14). The number of nitrogen functional groups attached to an aromatic ring is 1. The van der Waals surface area contributed by atoms with Crippen molar-refractivity contribution in [2.75, 3.05) is 5.73 Å². The Balaban J connectivity index is 2.80. The molecule has 0 fully saturated rings. The van der Waals surface area contributed by atoms with Crippen LogP contribution in [0.25, 0.3) is 0 Å². The number of rotatable bonds is 2. The van der Waals surface area contributed by atoms with Crippen molar-refractivity contribution < 1.29 is 4.79 Å². The molecule has 0 aliphatic rings. The van der Waals surface area contributed by atoms with Crippen LogP contribution in [0.4, 0.5) is 5.69 Å². The minimum absolute atomic E-state index is 0.230. The van der Waals surface area contributed by atoms with Gasteiger partial charge in [-0.2, -0.15) is 5.10 Å². The molecule has 0 atom stereocenters. The van der Waals surface area contributed by atoms with Gasteiger partial charge in [0.15, 0.2) is 0 Å². The molecule has 5 heteroatoms. The normalized spacial score (nSPS) is 10.6. The Hall–Kier alpha value is -1.96. The van der Waals surface area contributed by atoms with Crippen LogP contribution in [0, 0.1) is 12.3 Å². The van der Waals surface area contributed by atoms with Crippen LogP contribution in [0.3, 0.4) is 0 Å². The van der Waals surface area contributed by atoms with E-state index in [1.54, 1.807) is 13.8 Å². The first-order valence-electron chi connectivity index (χ1n) is 4.05. The highest BCUT2D eigenvalue weighted by molar-refractivity contribution is 5.97. The molecule has 0 bridgehead atoms. The molecule has 0 spiro atoms. The Morgan fingerprint density at radius 1 is 1.79 bits per heavy atom. The van der Waals surface area contributed by atoms with Crippen molar-refractivity contribution in [3.05, 3.63) is 11.9 Å². The zero-order valence-corrected chi connectivity index (χ0v) is 8.09. The highest BCUT2D eigenvalue weighted by Crippen LogP contribution is 2.08. The number of hydrogen-bond donors (Lipinski definition) is 3. The quantitative estimate of drug-likeness (QED) is 0.582. The van der Waals surface area contributed by atoms with Crippen LogP contribution in [-0.4, -0.2) is 21.6 Å². The lowest BCUT2D eigenvalue weighted by atomic mass is 10.1. The molecule has 0 aliphatic carbocycles. The molecule has 1 aromatic heterocycles. The van der Waals surface area contributed by atoms with Gasteiger partial charge >= 0.3 is 0 Å². The summed E-state index contributed by atoms with van der Waals surface area (Å²) in [5.41, 5.74) is 5.33. The number of amides is 1. The first-order chi connectivity index (χ1) is 6.46. The molecule has 1 heterocycles. The maximum atomic E-state index is 11.5. The summed E-state index contributed by atoms with van der Waals surface area (Å²) in [5, 5.41) is 8.76. The average Bonchev–Trinajstić information content (AvgIpc) is 2.51. The number of aromatic amines is 1. The largest absolute Gasteiger partial charge is 0.396 e. The van der Waals surface area contributed by atoms with Gasteiger partial charge in [-0.25, -0.2) is 0 Å². The van der Waals surface area contributed by atoms with E-state index in [4.69, 9.17) is 12.2 Å². The second-order valence-corrected chi connectivity index (χ2v) is 3.42. The highest BCUT2D eigenvalue weighted by atomic mass is 16.2. The van der Waals surface area contributed by atoms with Crippen LogP contribution in [-0.2, 0) is 0 Å². The number of nitrogens with one attached hydrogen (secondary N) is 2. The number of aromatic nitrogens is 2. The Morgan fingerprint density at radius 3 is 2.86 bits per heavy atom. The van der Waals surface area contributed by atoms with Crippen molar-refractivity contribution in [3.63, 3.8) is 0 Å². The molecular weight excluding hydrogens is 180 g/mol. The molecule has 0 aromatic carbocycles. The van der Waals surface area contributed by atoms with Crippen molar-refractivity contribution in [2.45, 2.75) is 19.4 Å². The van der Waals surface area contributed by atoms with E-state index >= 15 is 0 Å². The van der Waals surface area contributed by atoms with Crippen molar-refractivity contribution in [2.24, 2.45) is 0 Å². The summed E-state index contributed by atoms with van der Waals surface area (Å²) in [7, 11) is 0. The Bertz CT molecular complexity index is 386. The molecule has 5 nitrogen and oxygen atoms in total. The molecule has 1 amide bonds. The number of nitrogens with two attached hydrogens (primary N) is 1. The summed E-state index contributed by atoms with van der Waals surface area (Å²) in [5.74, 6) is 2.09. The van der Waals surface area contributed by atoms with Gasteiger partial charge in [0.1, 0.15) is 5.69 Å². The third kappa shape index (κ3) is 2.04. The average molecular weight is 192 g/mol. The lowest BCUT2D eigenvalue weighted by Crippen LogP contribution is -2.42. The smallest absolute Gasteiger partial charge is 0.272 e. The van der Waals surface area contributed by atoms with Crippen molar-refractivity contribution in [1.82, 2.24) is 15.5 Å². The molecule has 0 saturated heterocycles. The van der Waals surface area contributed by atoms with E-state index in [2.05, 4.69) is 21.4 Å². The highest BCUT2D eigenvalue weighted by Gasteiger charge is 2.20. The minimum atomic E-state index is -0.700. The third-order valence-electron chi connectivity index (χ3n) is 1.68. The summed E-state index contributed by atoms with van der Waals surface area (Å²) < 4.78 is 0. The van der Waals surface area contributed by atoms with Gasteiger partial charge in [0.05, 0.1) is 17.4 Å². The molecule has 0 aliphatic heterocycles. The summed E-state index contributed by atoms with van der Waals surface area (Å²) in [6.07, 6.45) is 6.60. The van der Waals surface area contributed by atoms with Gasteiger partial charge in [-0.05, 0) is 13.8 Å². The van der Waals surface area contributed by atoms with E-state index in [1.165, 1.54) is 6.20 Å². The van der Waals surface area contributed by atoms with E-state index in [0.29, 0.717) is 5.69 Å². The van der Waals surface area contributed by atoms with Crippen LogP contribution in [0.2, 0.25) is 0 Å². The van der Waals surface area contributed by atoms with Crippen molar-refractivity contribution in [1.29, 1.82) is 0 Å². The van der Waals surface area contributed by atoms with Gasteiger partial charge < -0.3 is 11.1 Å². The number of carbonyl (C=O) groups excluding carboxylic acids is 1. The lowest BCUT2D eigenvalue weighted by molar-refractivity contribution is 0.0925. The summed E-state index contributed by atoms with van der Waals surface area (Å²) in [4.78, 5) is 11.5. The number of nitrogens with zero attached hydrogens (tertiary/aromatic N) is 1. The molecule has 0 radical (unpaired) electrons. The Labute approximate surface area is 82.1 Å². The van der Waals surface area contributed by atoms with E-state index in [1.807, 2.05) is 0 Å². The zero-order chi connectivity index (χ0) is 10.8. The molecule has 74 valence electrons. The monoisotopic (exact) mass is 192 g/mol. The molecular formula is C9H12N4O. The summed E-state index contributed by atoms with van der Waals surface area (Å²) in [6, 6.07) is 0. The molecule has 1 aromatic rings. The molecule has 4 N–H and O–H groups in total. The molecule has 0 unspecified atom stereocenters. The number of carbonyl (C=O) groups is 1. The Morgan fingerprint density at radius 2 is 2.43 bits per heavy atom. The van der Waals surface area contributed by atoms with E-state index < -0.39 is 5.54 Å². The fraction of sp³-hybridized carbons (Fsp3) is 0.333. The summed E-state index contributed by atoms with van der Waals surface area (Å²) in [6.45, 7) is 3.44. The van der Waals surface area contributed by atoms with Crippen molar-refractivity contribution >= 4 is 11.6 Å². The topological polar surface area (TPSA) is 83.8 Å². The molecule has 14 heavy (non-hydrogen) atoms. The lowest BCUT2D eigenvalue weighted by Gasteiger charge is -2.18. The Kier molecular flexibility index (Phi) is 2.47. The third-order valence-corrected chi connectivity index (χ3v) is 1.68. The van der Waals surface area contributed by atoms with E-state index in [0.717, 1.165) is 0 Å². The van der Waals surface area contributed by atoms with Gasteiger partial charge in [-0.3, -0.25) is 9.89 Å². The van der Waals surface area contributed by atoms with Gasteiger partial charge in [0.2, 0.25) is 0 Å². The van der Waals surface area contributed by atoms with E-state index in [-0.39, 0.29) is 11.6 Å². The first-order valence-corrected chi connectivity index (χ1v) is 4.05. The second-order valence-electron chi connectivity index (χ2n) is 3.42. The summed E-state index contributed by atoms with van der Waals surface area (Å²) >= 11 is 0. The number of hydrogen-bond acceptors (Lipinski definition) is 3.